The van der Waals surface area contributed by atoms with E-state index in [0.717, 1.165) is 5.46 Å². The maximum Gasteiger partial charge on any atom is 0.494 e. The number of benzene rings is 1. The van der Waals surface area contributed by atoms with Crippen molar-refractivity contribution >= 4 is 18.6 Å². The minimum Gasteiger partial charge on any atom is -0.476 e. The van der Waals surface area contributed by atoms with E-state index >= 15 is 0 Å². The Bertz CT molecular complexity index is 593. The number of hydrogen-bond acceptors (Lipinski definition) is 5. The summed E-state index contributed by atoms with van der Waals surface area (Å²) in [7, 11) is -0.468. The van der Waals surface area contributed by atoms with E-state index in [9.17, 15) is 4.79 Å². The molecule has 1 heterocycles. The highest BCUT2D eigenvalue weighted by molar-refractivity contribution is 6.62. The van der Waals surface area contributed by atoms with Gasteiger partial charge in [-0.2, -0.15) is 0 Å². The van der Waals surface area contributed by atoms with Gasteiger partial charge in [-0.05, 0) is 66.1 Å². The molecule has 1 fully saturated rings. The molecule has 0 unspecified atom stereocenters. The summed E-state index contributed by atoms with van der Waals surface area (Å²) in [5.74, 6) is 0.173. The summed E-state index contributed by atoms with van der Waals surface area (Å²) in [5.41, 5.74) is -1.02. The third-order valence-electron chi connectivity index (χ3n) is 4.52. The Morgan fingerprint density at radius 3 is 2.29 bits per heavy atom. The molecule has 0 spiro atoms. The first-order valence-corrected chi connectivity index (χ1v) is 8.30. The Morgan fingerprint density at radius 2 is 1.75 bits per heavy atom. The second-order valence-corrected chi connectivity index (χ2v) is 7.49. The van der Waals surface area contributed by atoms with Crippen molar-refractivity contribution in [2.75, 3.05) is 6.61 Å². The molecule has 1 aliphatic rings. The number of esters is 1. The standard InChI is InChI=1S/C18H27BO5/c1-8-21-15(20)16(2,3)22-14-11-9-10-13(12-14)19-23-17(4,5)18(6,7)24-19/h9-12H,8H2,1-7H3. The van der Waals surface area contributed by atoms with Crippen LogP contribution < -0.4 is 10.2 Å². The van der Waals surface area contributed by atoms with Crippen LogP contribution in [0.1, 0.15) is 48.5 Å². The molecule has 1 aromatic rings. The quantitative estimate of drug-likeness (QED) is 0.612. The monoisotopic (exact) mass is 334 g/mol. The third-order valence-corrected chi connectivity index (χ3v) is 4.52. The van der Waals surface area contributed by atoms with Crippen LogP contribution >= 0.6 is 0 Å². The van der Waals surface area contributed by atoms with Crippen LogP contribution in [-0.4, -0.2) is 36.5 Å². The van der Waals surface area contributed by atoms with Crippen LogP contribution in [0.25, 0.3) is 0 Å². The molecule has 0 radical (unpaired) electrons. The van der Waals surface area contributed by atoms with E-state index in [2.05, 4.69) is 0 Å². The van der Waals surface area contributed by atoms with Crippen LogP contribution in [0, 0.1) is 0 Å². The number of carbonyl (C=O) groups is 1. The molecule has 132 valence electrons. The van der Waals surface area contributed by atoms with Crippen LogP contribution in [0.15, 0.2) is 24.3 Å². The highest BCUT2D eigenvalue weighted by atomic mass is 16.7. The number of carbonyl (C=O) groups excluding carboxylic acids is 1. The van der Waals surface area contributed by atoms with Crippen LogP contribution in [0.4, 0.5) is 0 Å². The van der Waals surface area contributed by atoms with Crippen molar-refractivity contribution in [3.05, 3.63) is 24.3 Å². The molecule has 24 heavy (non-hydrogen) atoms. The van der Waals surface area contributed by atoms with Crippen molar-refractivity contribution in [2.45, 2.75) is 65.3 Å². The van der Waals surface area contributed by atoms with Gasteiger partial charge in [0.2, 0.25) is 0 Å². The van der Waals surface area contributed by atoms with Gasteiger partial charge in [-0.1, -0.05) is 12.1 Å². The van der Waals surface area contributed by atoms with Crippen molar-refractivity contribution in [1.29, 1.82) is 0 Å². The summed E-state index contributed by atoms with van der Waals surface area (Å²) in [6.45, 7) is 13.5. The average molecular weight is 334 g/mol. The predicted molar refractivity (Wildman–Crippen MR) is 93.5 cm³/mol. The highest BCUT2D eigenvalue weighted by Gasteiger charge is 2.51. The second kappa shape index (κ2) is 6.41. The number of hydrogen-bond donors (Lipinski definition) is 0. The lowest BCUT2D eigenvalue weighted by molar-refractivity contribution is -0.158. The molecule has 0 saturated carbocycles. The van der Waals surface area contributed by atoms with Crippen LogP contribution in [0.5, 0.6) is 5.75 Å². The van der Waals surface area contributed by atoms with E-state index in [-0.39, 0.29) is 0 Å². The molecule has 0 aromatic heterocycles. The van der Waals surface area contributed by atoms with Crippen molar-refractivity contribution in [3.63, 3.8) is 0 Å². The lowest BCUT2D eigenvalue weighted by Gasteiger charge is -2.32. The first-order valence-electron chi connectivity index (χ1n) is 8.30. The van der Waals surface area contributed by atoms with Gasteiger partial charge >= 0.3 is 13.1 Å². The molecule has 0 amide bonds. The summed E-state index contributed by atoms with van der Waals surface area (Å²) in [6.07, 6.45) is 0. The maximum absolute atomic E-state index is 12.0. The second-order valence-electron chi connectivity index (χ2n) is 7.49. The van der Waals surface area contributed by atoms with Crippen LogP contribution in [0.2, 0.25) is 0 Å². The molecule has 1 aromatic carbocycles. The minimum atomic E-state index is -1.06. The SMILES string of the molecule is CCOC(=O)C(C)(C)Oc1cccc(B2OC(C)(C)C(C)(C)O2)c1. The summed E-state index contributed by atoms with van der Waals surface area (Å²) in [6, 6.07) is 7.42. The van der Waals surface area contributed by atoms with Gasteiger partial charge in [0.1, 0.15) is 5.75 Å². The zero-order chi connectivity index (χ0) is 18.2. The zero-order valence-corrected chi connectivity index (χ0v) is 15.6. The van der Waals surface area contributed by atoms with Crippen molar-refractivity contribution in [1.82, 2.24) is 0 Å². The lowest BCUT2D eigenvalue weighted by atomic mass is 9.79. The molecular weight excluding hydrogens is 307 g/mol. The number of rotatable bonds is 5. The van der Waals surface area contributed by atoms with Gasteiger partial charge in [0.05, 0.1) is 17.8 Å². The van der Waals surface area contributed by atoms with Crippen molar-refractivity contribution in [2.24, 2.45) is 0 Å². The van der Waals surface area contributed by atoms with E-state index in [1.54, 1.807) is 26.8 Å². The molecule has 0 bridgehead atoms. The largest absolute Gasteiger partial charge is 0.494 e. The molecule has 0 aliphatic carbocycles. The Morgan fingerprint density at radius 1 is 1.17 bits per heavy atom. The molecule has 2 rings (SSSR count). The molecule has 1 aliphatic heterocycles. The minimum absolute atomic E-state index is 0.319. The van der Waals surface area contributed by atoms with Crippen molar-refractivity contribution < 1.29 is 23.6 Å². The van der Waals surface area contributed by atoms with Gasteiger partial charge < -0.3 is 18.8 Å². The fourth-order valence-corrected chi connectivity index (χ4v) is 2.34. The third kappa shape index (κ3) is 3.76. The zero-order valence-electron chi connectivity index (χ0n) is 15.6. The summed E-state index contributed by atoms with van der Waals surface area (Å²) in [5, 5.41) is 0. The Kier molecular flexibility index (Phi) is 5.02. The molecule has 6 heteroatoms. The first kappa shape index (κ1) is 18.8. The summed E-state index contributed by atoms with van der Waals surface area (Å²) in [4.78, 5) is 12.0. The first-order chi connectivity index (χ1) is 11.0. The number of ether oxygens (including phenoxy) is 2. The average Bonchev–Trinajstić information content (AvgIpc) is 2.67. The van der Waals surface area contributed by atoms with E-state index in [1.807, 2.05) is 45.9 Å². The fraction of sp³-hybridized carbons (Fsp3) is 0.611. The van der Waals surface area contributed by atoms with Crippen LogP contribution in [0.3, 0.4) is 0 Å². The molecular formula is C18H27BO5. The van der Waals surface area contributed by atoms with Crippen molar-refractivity contribution in [3.8, 4) is 5.75 Å². The summed E-state index contributed by atoms with van der Waals surface area (Å²) < 4.78 is 23.0. The van der Waals surface area contributed by atoms with Gasteiger partial charge in [-0.15, -0.1) is 0 Å². The predicted octanol–water partition coefficient (Wildman–Crippen LogP) is 2.71. The smallest absolute Gasteiger partial charge is 0.476 e. The molecule has 1 saturated heterocycles. The van der Waals surface area contributed by atoms with Crippen LogP contribution in [-0.2, 0) is 18.8 Å². The van der Waals surface area contributed by atoms with Gasteiger partial charge in [0, 0.05) is 0 Å². The Balaban J connectivity index is 2.17. The van der Waals surface area contributed by atoms with E-state index in [0.29, 0.717) is 12.4 Å². The lowest BCUT2D eigenvalue weighted by Crippen LogP contribution is -2.41. The van der Waals surface area contributed by atoms with E-state index in [1.165, 1.54) is 0 Å². The van der Waals surface area contributed by atoms with Gasteiger partial charge in [-0.3, -0.25) is 0 Å². The Labute approximate surface area is 144 Å². The molecule has 0 N–H and O–H groups in total. The van der Waals surface area contributed by atoms with Gasteiger partial charge in [-0.25, -0.2) is 4.79 Å². The summed E-state index contributed by atoms with van der Waals surface area (Å²) >= 11 is 0. The van der Waals surface area contributed by atoms with Gasteiger partial charge in [0.25, 0.3) is 0 Å². The Hall–Kier alpha value is -1.53. The molecule has 5 nitrogen and oxygen atoms in total. The fourth-order valence-electron chi connectivity index (χ4n) is 2.34. The van der Waals surface area contributed by atoms with E-state index < -0.39 is 29.9 Å². The van der Waals surface area contributed by atoms with E-state index in [4.69, 9.17) is 18.8 Å². The normalized spacial score (nSPS) is 19.2. The highest BCUT2D eigenvalue weighted by Crippen LogP contribution is 2.36. The van der Waals surface area contributed by atoms with Gasteiger partial charge in [0.15, 0.2) is 5.60 Å². The topological polar surface area (TPSA) is 54.0 Å². The molecule has 0 atom stereocenters. The maximum atomic E-state index is 12.0.